The third kappa shape index (κ3) is 2.28. The van der Waals surface area contributed by atoms with Gasteiger partial charge in [0.25, 0.3) is 0 Å². The Hall–Kier alpha value is -1.13. The molecule has 3 nitrogen and oxygen atoms in total. The Morgan fingerprint density at radius 1 is 1.18 bits per heavy atom. The molecule has 17 heavy (non-hydrogen) atoms. The molecule has 1 aliphatic rings. The van der Waals surface area contributed by atoms with E-state index in [1.165, 1.54) is 11.5 Å². The fourth-order valence-electron chi connectivity index (χ4n) is 2.31. The van der Waals surface area contributed by atoms with Gasteiger partial charge in [0.1, 0.15) is 0 Å². The Kier molecular flexibility index (Phi) is 2.99. The number of nitrogens with zero attached hydrogens (tertiary/aromatic N) is 1. The third-order valence-corrected chi connectivity index (χ3v) is 4.11. The second-order valence-corrected chi connectivity index (χ2v) is 5.38. The van der Waals surface area contributed by atoms with Crippen molar-refractivity contribution < 1.29 is 4.74 Å². The van der Waals surface area contributed by atoms with Gasteiger partial charge in [0, 0.05) is 17.6 Å². The van der Waals surface area contributed by atoms with Crippen molar-refractivity contribution >= 4 is 22.4 Å². The molecule has 4 heteroatoms. The van der Waals surface area contributed by atoms with Crippen LogP contribution in [0.3, 0.4) is 0 Å². The van der Waals surface area contributed by atoms with E-state index in [0.717, 1.165) is 41.6 Å². The molecule has 2 N–H and O–H groups in total. The minimum Gasteiger partial charge on any atom is -0.479 e. The maximum Gasteiger partial charge on any atom is 0.201 e. The summed E-state index contributed by atoms with van der Waals surface area (Å²) in [5, 5.41) is 2.09. The number of ether oxygens (including phenoxy) is 1. The molecule has 1 aromatic heterocycles. The summed E-state index contributed by atoms with van der Waals surface area (Å²) in [4.78, 5) is 0. The lowest BCUT2D eigenvalue weighted by molar-refractivity contribution is 0.153. The summed E-state index contributed by atoms with van der Waals surface area (Å²) in [6, 6.07) is 8.50. The zero-order valence-electron chi connectivity index (χ0n) is 9.63. The second kappa shape index (κ2) is 4.63. The van der Waals surface area contributed by atoms with Gasteiger partial charge in [0.2, 0.25) is 5.06 Å². The van der Waals surface area contributed by atoms with Crippen LogP contribution in [0.1, 0.15) is 25.7 Å². The molecule has 0 spiro atoms. The van der Waals surface area contributed by atoms with Crippen LogP contribution in [0.2, 0.25) is 0 Å². The summed E-state index contributed by atoms with van der Waals surface area (Å²) >= 11 is 1.45. The Balaban J connectivity index is 1.76. The van der Waals surface area contributed by atoms with Gasteiger partial charge in [-0.15, -0.1) is 0 Å². The Morgan fingerprint density at radius 3 is 2.76 bits per heavy atom. The molecule has 0 bridgehead atoms. The first kappa shape index (κ1) is 11.0. The lowest BCUT2D eigenvalue weighted by Gasteiger charge is -2.26. The topological polar surface area (TPSA) is 48.1 Å². The lowest BCUT2D eigenvalue weighted by Crippen LogP contribution is -2.31. The van der Waals surface area contributed by atoms with Crippen molar-refractivity contribution in [3.8, 4) is 5.06 Å². The number of rotatable bonds is 2. The van der Waals surface area contributed by atoms with E-state index in [9.17, 15) is 0 Å². The highest BCUT2D eigenvalue weighted by Gasteiger charge is 2.21. The van der Waals surface area contributed by atoms with Gasteiger partial charge in [-0.1, -0.05) is 12.1 Å². The van der Waals surface area contributed by atoms with E-state index in [1.807, 2.05) is 18.2 Å². The van der Waals surface area contributed by atoms with E-state index < -0.39 is 0 Å². The Bertz CT molecular complexity index is 503. The SMILES string of the molecule is NC1CCC(Oc2snc3ccccc23)CC1. The summed E-state index contributed by atoms with van der Waals surface area (Å²) in [6.07, 6.45) is 4.59. The zero-order chi connectivity index (χ0) is 11.7. The molecule has 1 heterocycles. The number of benzene rings is 1. The summed E-state index contributed by atoms with van der Waals surface area (Å²) in [5.41, 5.74) is 6.92. The van der Waals surface area contributed by atoms with Crippen LogP contribution in [0, 0.1) is 0 Å². The minimum absolute atomic E-state index is 0.318. The molecule has 1 fully saturated rings. The highest BCUT2D eigenvalue weighted by Crippen LogP contribution is 2.32. The number of nitrogens with two attached hydrogens (primary N) is 1. The van der Waals surface area contributed by atoms with Gasteiger partial charge < -0.3 is 10.5 Å². The molecule has 2 aromatic rings. The monoisotopic (exact) mass is 248 g/mol. The third-order valence-electron chi connectivity index (χ3n) is 3.34. The van der Waals surface area contributed by atoms with E-state index in [4.69, 9.17) is 10.5 Å². The lowest BCUT2D eigenvalue weighted by atomic mass is 9.94. The molecule has 0 saturated heterocycles. The van der Waals surface area contributed by atoms with Gasteiger partial charge in [0.05, 0.1) is 17.0 Å². The number of fused-ring (bicyclic) bond motifs is 1. The van der Waals surface area contributed by atoms with E-state index >= 15 is 0 Å². The molecule has 90 valence electrons. The van der Waals surface area contributed by atoms with Gasteiger partial charge >= 0.3 is 0 Å². The molecule has 1 aliphatic carbocycles. The maximum absolute atomic E-state index is 6.06. The molecule has 3 rings (SSSR count). The predicted molar refractivity (Wildman–Crippen MR) is 70.5 cm³/mol. The van der Waals surface area contributed by atoms with Crippen LogP contribution in [-0.4, -0.2) is 16.5 Å². The van der Waals surface area contributed by atoms with Crippen molar-refractivity contribution in [3.05, 3.63) is 24.3 Å². The van der Waals surface area contributed by atoms with Crippen molar-refractivity contribution in [2.24, 2.45) is 5.73 Å². The molecular formula is C13H16N2OS. The summed E-state index contributed by atoms with van der Waals surface area (Å²) in [5.74, 6) is 0. The second-order valence-electron chi connectivity index (χ2n) is 4.64. The van der Waals surface area contributed by atoms with E-state index in [2.05, 4.69) is 10.4 Å². The summed E-state index contributed by atoms with van der Waals surface area (Å²) in [7, 11) is 0. The van der Waals surface area contributed by atoms with Crippen LogP contribution in [0.15, 0.2) is 24.3 Å². The first-order valence-corrected chi connectivity index (χ1v) is 6.87. The first-order chi connectivity index (χ1) is 8.33. The standard InChI is InChI=1S/C13H16N2OS/c14-9-5-7-10(8-6-9)16-13-11-3-1-2-4-12(11)15-17-13/h1-4,9-10H,5-8,14H2. The summed E-state index contributed by atoms with van der Waals surface area (Å²) < 4.78 is 10.4. The molecule has 0 unspecified atom stereocenters. The smallest absolute Gasteiger partial charge is 0.201 e. The van der Waals surface area contributed by atoms with Crippen LogP contribution in [0.4, 0.5) is 0 Å². The molecule has 0 aliphatic heterocycles. The first-order valence-electron chi connectivity index (χ1n) is 6.09. The number of hydrogen-bond donors (Lipinski definition) is 1. The molecule has 1 aromatic carbocycles. The van der Waals surface area contributed by atoms with Crippen molar-refractivity contribution in [1.82, 2.24) is 4.37 Å². The van der Waals surface area contributed by atoms with Crippen LogP contribution in [0.5, 0.6) is 5.06 Å². The van der Waals surface area contributed by atoms with E-state index in [0.29, 0.717) is 12.1 Å². The van der Waals surface area contributed by atoms with Crippen LogP contribution >= 0.6 is 11.5 Å². The fourth-order valence-corrected chi connectivity index (χ4v) is 3.10. The molecule has 0 radical (unpaired) electrons. The highest BCUT2D eigenvalue weighted by atomic mass is 32.1. The average Bonchev–Trinajstić information content (AvgIpc) is 2.76. The molecule has 1 saturated carbocycles. The minimum atomic E-state index is 0.318. The Morgan fingerprint density at radius 2 is 1.94 bits per heavy atom. The largest absolute Gasteiger partial charge is 0.479 e. The highest BCUT2D eigenvalue weighted by molar-refractivity contribution is 7.09. The van der Waals surface area contributed by atoms with Crippen molar-refractivity contribution in [2.45, 2.75) is 37.8 Å². The average molecular weight is 248 g/mol. The molecule has 0 amide bonds. The Labute approximate surface area is 105 Å². The van der Waals surface area contributed by atoms with Gasteiger partial charge in [-0.05, 0) is 37.8 Å². The quantitative estimate of drug-likeness (QED) is 0.889. The van der Waals surface area contributed by atoms with Crippen LogP contribution in [-0.2, 0) is 0 Å². The summed E-state index contributed by atoms with van der Waals surface area (Å²) in [6.45, 7) is 0. The van der Waals surface area contributed by atoms with E-state index in [1.54, 1.807) is 0 Å². The van der Waals surface area contributed by atoms with Crippen molar-refractivity contribution in [3.63, 3.8) is 0 Å². The van der Waals surface area contributed by atoms with E-state index in [-0.39, 0.29) is 0 Å². The van der Waals surface area contributed by atoms with Gasteiger partial charge in [-0.2, -0.15) is 4.37 Å². The number of hydrogen-bond acceptors (Lipinski definition) is 4. The predicted octanol–water partition coefficient (Wildman–Crippen LogP) is 2.95. The van der Waals surface area contributed by atoms with Crippen molar-refractivity contribution in [1.29, 1.82) is 0 Å². The molecular weight excluding hydrogens is 232 g/mol. The van der Waals surface area contributed by atoms with Gasteiger partial charge in [-0.25, -0.2) is 0 Å². The fraction of sp³-hybridized carbons (Fsp3) is 0.462. The van der Waals surface area contributed by atoms with Crippen molar-refractivity contribution in [2.75, 3.05) is 0 Å². The maximum atomic E-state index is 6.06. The molecule has 0 atom stereocenters. The zero-order valence-corrected chi connectivity index (χ0v) is 10.5. The normalized spacial score (nSPS) is 25.0. The van der Waals surface area contributed by atoms with Gasteiger partial charge in [-0.3, -0.25) is 0 Å². The van der Waals surface area contributed by atoms with Crippen LogP contribution < -0.4 is 10.5 Å². The number of aromatic nitrogens is 1. The van der Waals surface area contributed by atoms with Crippen LogP contribution in [0.25, 0.3) is 10.9 Å². The van der Waals surface area contributed by atoms with Gasteiger partial charge in [0.15, 0.2) is 0 Å².